The average molecular weight is 230 g/mol. The first kappa shape index (κ1) is 9.80. The van der Waals surface area contributed by atoms with E-state index >= 15 is 0 Å². The molecule has 0 radical (unpaired) electrons. The summed E-state index contributed by atoms with van der Waals surface area (Å²) in [6.07, 6.45) is 10.1. The zero-order valence-electron chi connectivity index (χ0n) is 9.97. The van der Waals surface area contributed by atoms with Gasteiger partial charge in [-0.15, -0.1) is 5.10 Å². The van der Waals surface area contributed by atoms with Gasteiger partial charge in [0.2, 0.25) is 5.95 Å². The topological polar surface area (TPSA) is 64.7 Å². The molecule has 0 unspecified atom stereocenters. The molecule has 0 spiro atoms. The molecule has 4 aliphatic carbocycles. The van der Waals surface area contributed by atoms with Crippen molar-refractivity contribution in [1.29, 1.82) is 0 Å². The highest BCUT2D eigenvalue weighted by atomic mass is 15.2. The fourth-order valence-electron chi connectivity index (χ4n) is 5.00. The van der Waals surface area contributed by atoms with Crippen molar-refractivity contribution in [3.05, 3.63) is 11.9 Å². The second kappa shape index (κ2) is 3.18. The number of anilines is 1. The number of nitrogens with zero attached hydrogens (tertiary/aromatic N) is 3. The number of hydrogen-bond donors (Lipinski definition) is 1. The summed E-state index contributed by atoms with van der Waals surface area (Å²) in [4.78, 5) is 4.47. The maximum absolute atomic E-state index is 5.69. The molecule has 4 bridgehead atoms. The van der Waals surface area contributed by atoms with Gasteiger partial charge in [0, 0.05) is 5.41 Å². The van der Waals surface area contributed by atoms with Crippen molar-refractivity contribution in [3.8, 4) is 0 Å². The molecule has 17 heavy (non-hydrogen) atoms. The van der Waals surface area contributed by atoms with Crippen LogP contribution in [-0.2, 0) is 5.41 Å². The molecule has 4 fully saturated rings. The maximum atomic E-state index is 5.69. The molecule has 0 atom stereocenters. The summed E-state index contributed by atoms with van der Waals surface area (Å²) in [5, 5.41) is 7.79. The quantitative estimate of drug-likeness (QED) is 0.800. The second-order valence-corrected chi connectivity index (χ2v) is 6.40. The highest BCUT2D eigenvalue weighted by molar-refractivity contribution is 5.24. The molecule has 0 saturated heterocycles. The Hall–Kier alpha value is -1.19. The fraction of sp³-hybridized carbons (Fsp3) is 0.769. The Balaban J connectivity index is 1.77. The molecule has 0 aliphatic heterocycles. The van der Waals surface area contributed by atoms with Gasteiger partial charge in [0.25, 0.3) is 0 Å². The van der Waals surface area contributed by atoms with Crippen LogP contribution in [0, 0.1) is 17.8 Å². The monoisotopic (exact) mass is 230 g/mol. The van der Waals surface area contributed by atoms with Crippen LogP contribution in [0.5, 0.6) is 0 Å². The van der Waals surface area contributed by atoms with Crippen LogP contribution >= 0.6 is 0 Å². The zero-order chi connectivity index (χ0) is 11.5. The Kier molecular flexibility index (Phi) is 1.83. The second-order valence-electron chi connectivity index (χ2n) is 6.40. The lowest BCUT2D eigenvalue weighted by Gasteiger charge is -2.56. The lowest BCUT2D eigenvalue weighted by Crippen LogP contribution is -2.49. The van der Waals surface area contributed by atoms with Crippen LogP contribution in [0.4, 0.5) is 5.95 Å². The van der Waals surface area contributed by atoms with E-state index in [0.29, 0.717) is 11.4 Å². The third-order valence-corrected chi connectivity index (χ3v) is 5.16. The molecule has 4 nitrogen and oxygen atoms in total. The van der Waals surface area contributed by atoms with E-state index in [4.69, 9.17) is 5.73 Å². The lowest BCUT2D eigenvalue weighted by molar-refractivity contribution is -0.00740. The maximum Gasteiger partial charge on any atom is 0.240 e. The lowest BCUT2D eigenvalue weighted by atomic mass is 9.49. The Morgan fingerprint density at radius 3 is 2.18 bits per heavy atom. The summed E-state index contributed by atoms with van der Waals surface area (Å²) in [5.41, 5.74) is 7.10. The van der Waals surface area contributed by atoms with E-state index < -0.39 is 0 Å². The Bertz CT molecular complexity index is 421. The Morgan fingerprint density at radius 1 is 1.06 bits per heavy atom. The smallest absolute Gasteiger partial charge is 0.240 e. The highest BCUT2D eigenvalue weighted by Gasteiger charge is 2.52. The van der Waals surface area contributed by atoms with Gasteiger partial charge >= 0.3 is 0 Å². The van der Waals surface area contributed by atoms with Crippen molar-refractivity contribution >= 4 is 5.95 Å². The van der Waals surface area contributed by atoms with Crippen molar-refractivity contribution in [2.75, 3.05) is 5.73 Å². The van der Waals surface area contributed by atoms with Gasteiger partial charge in [-0.25, -0.2) is 4.98 Å². The predicted molar refractivity (Wildman–Crippen MR) is 64.1 cm³/mol. The van der Waals surface area contributed by atoms with E-state index in [1.807, 2.05) is 6.20 Å². The number of nitrogens with two attached hydrogens (primary N) is 1. The first-order valence-corrected chi connectivity index (χ1v) is 6.69. The Morgan fingerprint density at radius 2 is 1.65 bits per heavy atom. The molecular weight excluding hydrogens is 212 g/mol. The van der Waals surface area contributed by atoms with Crippen molar-refractivity contribution < 1.29 is 0 Å². The molecule has 0 amide bonds. The van der Waals surface area contributed by atoms with Gasteiger partial charge in [0.05, 0.1) is 11.9 Å². The van der Waals surface area contributed by atoms with E-state index in [1.165, 1.54) is 38.5 Å². The minimum atomic E-state index is 0.290. The summed E-state index contributed by atoms with van der Waals surface area (Å²) in [6.45, 7) is 0. The molecule has 4 heteroatoms. The Labute approximate surface area is 101 Å². The SMILES string of the molecule is Nc1nncc(C23CC4CC(CC(C4)C2)C3)n1. The van der Waals surface area contributed by atoms with Crippen molar-refractivity contribution in [2.45, 2.75) is 43.9 Å². The summed E-state index contributed by atoms with van der Waals surface area (Å²) in [6, 6.07) is 0. The van der Waals surface area contributed by atoms with Crippen LogP contribution in [-0.4, -0.2) is 15.2 Å². The third-order valence-electron chi connectivity index (χ3n) is 5.16. The number of aromatic nitrogens is 3. The molecule has 5 rings (SSSR count). The molecule has 1 heterocycles. The van der Waals surface area contributed by atoms with Crippen molar-refractivity contribution in [2.24, 2.45) is 17.8 Å². The van der Waals surface area contributed by atoms with E-state index in [-0.39, 0.29) is 0 Å². The van der Waals surface area contributed by atoms with Crippen molar-refractivity contribution in [1.82, 2.24) is 15.2 Å². The van der Waals surface area contributed by atoms with E-state index in [0.717, 1.165) is 23.4 Å². The van der Waals surface area contributed by atoms with Gasteiger partial charge in [-0.3, -0.25) is 0 Å². The van der Waals surface area contributed by atoms with Crippen LogP contribution in [0.25, 0.3) is 0 Å². The zero-order valence-corrected chi connectivity index (χ0v) is 9.97. The standard InChI is InChI=1S/C13H18N4/c14-12-16-11(7-15-17-12)13-4-8-1-9(5-13)3-10(2-8)6-13/h7-10H,1-6H2,(H2,14,16,17). The van der Waals surface area contributed by atoms with Crippen molar-refractivity contribution in [3.63, 3.8) is 0 Å². The number of hydrogen-bond acceptors (Lipinski definition) is 4. The van der Waals surface area contributed by atoms with E-state index in [2.05, 4.69) is 15.2 Å². The molecule has 90 valence electrons. The first-order valence-electron chi connectivity index (χ1n) is 6.69. The normalized spacial score (nSPS) is 42.9. The number of rotatable bonds is 1. The fourth-order valence-corrected chi connectivity index (χ4v) is 5.00. The van der Waals surface area contributed by atoms with Gasteiger partial charge in [0.15, 0.2) is 0 Å². The van der Waals surface area contributed by atoms with Gasteiger partial charge in [-0.1, -0.05) is 0 Å². The predicted octanol–water partition coefficient (Wildman–Crippen LogP) is 1.92. The molecule has 0 aromatic carbocycles. The summed E-state index contributed by atoms with van der Waals surface area (Å²) in [7, 11) is 0. The first-order chi connectivity index (χ1) is 8.23. The summed E-state index contributed by atoms with van der Waals surface area (Å²) < 4.78 is 0. The molecular formula is C13H18N4. The molecule has 4 saturated carbocycles. The minimum Gasteiger partial charge on any atom is -0.366 e. The number of nitrogen functional groups attached to an aromatic ring is 1. The van der Waals surface area contributed by atoms with Crippen LogP contribution in [0.1, 0.15) is 44.2 Å². The van der Waals surface area contributed by atoms with Crippen LogP contribution in [0.3, 0.4) is 0 Å². The third kappa shape index (κ3) is 1.39. The van der Waals surface area contributed by atoms with Gasteiger partial charge < -0.3 is 5.73 Å². The van der Waals surface area contributed by atoms with E-state index in [9.17, 15) is 0 Å². The molecule has 4 aliphatic rings. The minimum absolute atomic E-state index is 0.290. The molecule has 1 aromatic heterocycles. The van der Waals surface area contributed by atoms with Gasteiger partial charge in [-0.05, 0) is 56.3 Å². The largest absolute Gasteiger partial charge is 0.366 e. The summed E-state index contributed by atoms with van der Waals surface area (Å²) >= 11 is 0. The van der Waals surface area contributed by atoms with E-state index in [1.54, 1.807) is 0 Å². The van der Waals surface area contributed by atoms with Crippen LogP contribution in [0.15, 0.2) is 6.20 Å². The highest BCUT2D eigenvalue weighted by Crippen LogP contribution is 2.60. The summed E-state index contributed by atoms with van der Waals surface area (Å²) in [5.74, 6) is 3.12. The van der Waals surface area contributed by atoms with Crippen LogP contribution < -0.4 is 5.73 Å². The molecule has 2 N–H and O–H groups in total. The van der Waals surface area contributed by atoms with Gasteiger partial charge in [0.1, 0.15) is 0 Å². The average Bonchev–Trinajstić information content (AvgIpc) is 2.27. The molecule has 1 aromatic rings. The van der Waals surface area contributed by atoms with Crippen LogP contribution in [0.2, 0.25) is 0 Å². The van der Waals surface area contributed by atoms with Gasteiger partial charge in [-0.2, -0.15) is 5.10 Å².